The lowest BCUT2D eigenvalue weighted by Crippen LogP contribution is -2.47. The van der Waals surface area contributed by atoms with Crippen molar-refractivity contribution in [2.45, 2.75) is 31.2 Å². The van der Waals surface area contributed by atoms with Gasteiger partial charge in [0, 0.05) is 11.4 Å². The quantitative estimate of drug-likeness (QED) is 0.835. The molecular weight excluding hydrogens is 266 g/mol. The number of hydrogen-bond acceptors (Lipinski definition) is 3. The average molecular weight is 284 g/mol. The van der Waals surface area contributed by atoms with E-state index in [2.05, 4.69) is 5.32 Å². The number of halogens is 1. The van der Waals surface area contributed by atoms with Crippen molar-refractivity contribution in [3.05, 3.63) is 23.8 Å². The average Bonchev–Trinajstić information content (AvgIpc) is 2.87. The van der Waals surface area contributed by atoms with Crippen LogP contribution in [0.5, 0.6) is 11.5 Å². The van der Waals surface area contributed by atoms with Gasteiger partial charge in [0.15, 0.2) is 11.5 Å². The van der Waals surface area contributed by atoms with E-state index in [9.17, 15) is 9.90 Å². The van der Waals surface area contributed by atoms with Gasteiger partial charge < -0.3 is 15.2 Å². The van der Waals surface area contributed by atoms with Crippen molar-refractivity contribution in [1.82, 2.24) is 5.32 Å². The second kappa shape index (κ2) is 5.70. The van der Waals surface area contributed by atoms with Crippen molar-refractivity contribution in [2.24, 2.45) is 0 Å². The highest BCUT2D eigenvalue weighted by molar-refractivity contribution is 6.19. The minimum Gasteiger partial charge on any atom is -0.504 e. The number of aromatic hydroxyl groups is 1. The fraction of sp³-hybridized carbons (Fsp3) is 0.500. The van der Waals surface area contributed by atoms with Gasteiger partial charge in [0.1, 0.15) is 0 Å². The second-order valence-corrected chi connectivity index (χ2v) is 5.23. The number of nitrogens with one attached hydrogen (secondary N) is 1. The van der Waals surface area contributed by atoms with Crippen LogP contribution in [-0.4, -0.2) is 29.5 Å². The van der Waals surface area contributed by atoms with E-state index in [1.165, 1.54) is 13.2 Å². The lowest BCUT2D eigenvalue weighted by Gasteiger charge is -2.27. The zero-order valence-corrected chi connectivity index (χ0v) is 11.7. The van der Waals surface area contributed by atoms with Gasteiger partial charge in [-0.1, -0.05) is 12.8 Å². The van der Waals surface area contributed by atoms with E-state index in [0.717, 1.165) is 25.7 Å². The predicted octanol–water partition coefficient (Wildman–Crippen LogP) is 2.68. The van der Waals surface area contributed by atoms with Gasteiger partial charge >= 0.3 is 0 Å². The van der Waals surface area contributed by atoms with Crippen molar-refractivity contribution in [1.29, 1.82) is 0 Å². The van der Waals surface area contributed by atoms with Crippen LogP contribution in [0.25, 0.3) is 0 Å². The summed E-state index contributed by atoms with van der Waals surface area (Å²) in [6.45, 7) is 0. The van der Waals surface area contributed by atoms with Gasteiger partial charge in [0.05, 0.1) is 12.6 Å². The van der Waals surface area contributed by atoms with E-state index >= 15 is 0 Å². The highest BCUT2D eigenvalue weighted by atomic mass is 35.5. The Morgan fingerprint density at radius 3 is 2.68 bits per heavy atom. The highest BCUT2D eigenvalue weighted by Gasteiger charge is 2.34. The minimum absolute atomic E-state index is 0.0403. The molecule has 1 aliphatic carbocycles. The van der Waals surface area contributed by atoms with E-state index in [1.807, 2.05) is 0 Å². The number of methoxy groups -OCH3 is 1. The van der Waals surface area contributed by atoms with E-state index in [0.29, 0.717) is 17.2 Å². The molecule has 2 N–H and O–H groups in total. The summed E-state index contributed by atoms with van der Waals surface area (Å²) in [5, 5.41) is 12.7. The van der Waals surface area contributed by atoms with Gasteiger partial charge in [-0.2, -0.15) is 0 Å². The number of carbonyl (C=O) groups excluding carboxylic acids is 1. The maximum Gasteiger partial charge on any atom is 0.251 e. The zero-order valence-electron chi connectivity index (χ0n) is 10.9. The summed E-state index contributed by atoms with van der Waals surface area (Å²) in [6, 6.07) is 4.61. The second-order valence-electron chi connectivity index (χ2n) is 4.96. The molecule has 1 aromatic carbocycles. The lowest BCUT2D eigenvalue weighted by molar-refractivity contribution is 0.0909. The topological polar surface area (TPSA) is 58.6 Å². The molecule has 0 bridgehead atoms. The van der Waals surface area contributed by atoms with Crippen LogP contribution in [0.3, 0.4) is 0 Å². The van der Waals surface area contributed by atoms with Gasteiger partial charge in [-0.05, 0) is 31.0 Å². The largest absolute Gasteiger partial charge is 0.504 e. The van der Waals surface area contributed by atoms with E-state index < -0.39 is 0 Å². The van der Waals surface area contributed by atoms with Gasteiger partial charge in [0.2, 0.25) is 0 Å². The summed E-state index contributed by atoms with van der Waals surface area (Å²) in [7, 11) is 1.47. The molecule has 5 heteroatoms. The van der Waals surface area contributed by atoms with Crippen LogP contribution >= 0.6 is 11.6 Å². The summed E-state index contributed by atoms with van der Waals surface area (Å²) in [5.41, 5.74) is 0.114. The molecule has 1 amide bonds. The predicted molar refractivity (Wildman–Crippen MR) is 74.0 cm³/mol. The molecule has 19 heavy (non-hydrogen) atoms. The molecule has 0 unspecified atom stereocenters. The first-order chi connectivity index (χ1) is 9.10. The standard InChI is InChI=1S/C14H18ClNO3/c1-19-12-5-4-10(8-11(12)17)13(18)16-14(9-15)6-2-3-7-14/h4-5,8,17H,2-3,6-7,9H2,1H3,(H,16,18). The third-order valence-electron chi connectivity index (χ3n) is 3.64. The summed E-state index contributed by atoms with van der Waals surface area (Å²) in [5.74, 6) is 0.521. The molecule has 1 saturated carbocycles. The maximum absolute atomic E-state index is 12.2. The summed E-state index contributed by atoms with van der Waals surface area (Å²) in [4.78, 5) is 12.2. The van der Waals surface area contributed by atoms with Crippen LogP contribution < -0.4 is 10.1 Å². The Morgan fingerprint density at radius 2 is 2.16 bits per heavy atom. The number of rotatable bonds is 4. The molecule has 0 aromatic heterocycles. The highest BCUT2D eigenvalue weighted by Crippen LogP contribution is 2.32. The van der Waals surface area contributed by atoms with Crippen molar-refractivity contribution in [2.75, 3.05) is 13.0 Å². The molecule has 1 fully saturated rings. The Bertz CT molecular complexity index is 470. The van der Waals surface area contributed by atoms with Crippen LogP contribution in [0.4, 0.5) is 0 Å². The number of hydrogen-bond donors (Lipinski definition) is 2. The molecule has 0 atom stereocenters. The Kier molecular flexibility index (Phi) is 4.20. The Labute approximate surface area is 117 Å². The molecule has 1 aromatic rings. The normalized spacial score (nSPS) is 17.2. The van der Waals surface area contributed by atoms with Crippen molar-refractivity contribution < 1.29 is 14.6 Å². The Hall–Kier alpha value is -1.42. The summed E-state index contributed by atoms with van der Waals surface area (Å²) < 4.78 is 4.95. The van der Waals surface area contributed by atoms with Gasteiger partial charge in [-0.25, -0.2) is 0 Å². The fourth-order valence-corrected chi connectivity index (χ4v) is 2.82. The number of ether oxygens (including phenoxy) is 1. The number of phenols is 1. The van der Waals surface area contributed by atoms with Crippen LogP contribution in [0.1, 0.15) is 36.0 Å². The number of alkyl halides is 1. The molecular formula is C14H18ClNO3. The Morgan fingerprint density at radius 1 is 1.47 bits per heavy atom. The smallest absolute Gasteiger partial charge is 0.251 e. The summed E-state index contributed by atoms with van der Waals surface area (Å²) >= 11 is 5.99. The first-order valence-electron chi connectivity index (χ1n) is 6.36. The van der Waals surface area contributed by atoms with Crippen LogP contribution in [0.2, 0.25) is 0 Å². The number of amides is 1. The van der Waals surface area contributed by atoms with Crippen LogP contribution in [-0.2, 0) is 0 Å². The number of phenolic OH excluding ortho intramolecular Hbond substituents is 1. The molecule has 4 nitrogen and oxygen atoms in total. The molecule has 0 saturated heterocycles. The van der Waals surface area contributed by atoms with Crippen molar-refractivity contribution in [3.63, 3.8) is 0 Å². The van der Waals surface area contributed by atoms with Crippen molar-refractivity contribution >= 4 is 17.5 Å². The third-order valence-corrected chi connectivity index (χ3v) is 4.15. The molecule has 1 aliphatic rings. The van der Waals surface area contributed by atoms with Gasteiger partial charge in [-0.15, -0.1) is 11.6 Å². The number of benzene rings is 1. The number of carbonyl (C=O) groups is 1. The van der Waals surface area contributed by atoms with Crippen LogP contribution in [0.15, 0.2) is 18.2 Å². The van der Waals surface area contributed by atoms with Gasteiger partial charge in [-0.3, -0.25) is 4.79 Å². The summed E-state index contributed by atoms with van der Waals surface area (Å²) in [6.07, 6.45) is 3.98. The molecule has 0 radical (unpaired) electrons. The fourth-order valence-electron chi connectivity index (χ4n) is 2.49. The van der Waals surface area contributed by atoms with E-state index in [1.54, 1.807) is 12.1 Å². The third kappa shape index (κ3) is 2.95. The molecule has 0 aliphatic heterocycles. The van der Waals surface area contributed by atoms with Crippen molar-refractivity contribution in [3.8, 4) is 11.5 Å². The van der Waals surface area contributed by atoms with E-state index in [-0.39, 0.29) is 17.2 Å². The molecule has 2 rings (SSSR count). The monoisotopic (exact) mass is 283 g/mol. The van der Waals surface area contributed by atoms with Crippen LogP contribution in [0, 0.1) is 0 Å². The maximum atomic E-state index is 12.2. The lowest BCUT2D eigenvalue weighted by atomic mass is 9.99. The molecule has 104 valence electrons. The Balaban J connectivity index is 2.13. The molecule has 0 heterocycles. The minimum atomic E-state index is -0.297. The SMILES string of the molecule is COc1ccc(C(=O)NC2(CCl)CCCC2)cc1O. The molecule has 0 spiro atoms. The van der Waals surface area contributed by atoms with E-state index in [4.69, 9.17) is 16.3 Å². The zero-order chi connectivity index (χ0) is 13.9. The first kappa shape index (κ1) is 14.0. The first-order valence-corrected chi connectivity index (χ1v) is 6.89. The van der Waals surface area contributed by atoms with Gasteiger partial charge in [0.25, 0.3) is 5.91 Å².